The first-order valence-electron chi connectivity index (χ1n) is 29.4. The van der Waals surface area contributed by atoms with E-state index in [2.05, 4.69) is 31.2 Å². The monoisotopic (exact) mass is 1220 g/mol. The highest BCUT2D eigenvalue weighted by Crippen LogP contribution is 2.37. The van der Waals surface area contributed by atoms with Gasteiger partial charge in [0.1, 0.15) is 30.5 Å². The minimum atomic E-state index is -0.972. The van der Waals surface area contributed by atoms with E-state index in [1.54, 1.807) is 51.7 Å². The molecule has 0 radical (unpaired) electrons. The molecule has 462 valence electrons. The first kappa shape index (κ1) is 66.3. The van der Waals surface area contributed by atoms with Crippen molar-refractivity contribution in [2.45, 2.75) is 151 Å². The summed E-state index contributed by atoms with van der Waals surface area (Å²) in [5, 5.41) is 31.4. The molecular formula is C64H83N9O11S2. The van der Waals surface area contributed by atoms with Gasteiger partial charge in [0.25, 0.3) is 11.8 Å². The number of likely N-dealkylation sites (N-methyl/N-ethyl adjacent to an activating group) is 1. The van der Waals surface area contributed by atoms with Crippen molar-refractivity contribution in [3.05, 3.63) is 111 Å². The predicted octanol–water partition coefficient (Wildman–Crippen LogP) is 7.22. The number of fused-ring (bicyclic) bond motifs is 1. The summed E-state index contributed by atoms with van der Waals surface area (Å²) in [5.41, 5.74) is 9.88. The van der Waals surface area contributed by atoms with Crippen molar-refractivity contribution in [1.29, 1.82) is 0 Å². The van der Waals surface area contributed by atoms with Crippen molar-refractivity contribution in [3.63, 3.8) is 0 Å². The molecule has 0 spiro atoms. The number of nitrogens with one attached hydrogen (secondary N) is 4. The second-order valence-corrected chi connectivity index (χ2v) is 26.1. The van der Waals surface area contributed by atoms with Crippen molar-refractivity contribution in [1.82, 2.24) is 45.9 Å². The molecule has 86 heavy (non-hydrogen) atoms. The molecule has 0 aliphatic carbocycles. The van der Waals surface area contributed by atoms with Crippen LogP contribution in [0.5, 0.6) is 5.75 Å². The van der Waals surface area contributed by atoms with Gasteiger partial charge in [-0.1, -0.05) is 110 Å². The number of aliphatic hydroxyl groups is 2. The second-order valence-electron chi connectivity index (χ2n) is 24.4. The molecule has 7 atom stereocenters. The van der Waals surface area contributed by atoms with Crippen LogP contribution in [-0.2, 0) is 41.9 Å². The Morgan fingerprint density at radius 2 is 1.16 bits per heavy atom. The Balaban J connectivity index is 0.000000186. The maximum absolute atomic E-state index is 13.2. The van der Waals surface area contributed by atoms with Gasteiger partial charge >= 0.3 is 0 Å². The van der Waals surface area contributed by atoms with Crippen molar-refractivity contribution in [2.75, 3.05) is 33.3 Å². The predicted molar refractivity (Wildman–Crippen MR) is 330 cm³/mol. The van der Waals surface area contributed by atoms with Gasteiger partial charge < -0.3 is 40.7 Å². The molecule has 6 heterocycles. The van der Waals surface area contributed by atoms with Crippen LogP contribution in [0, 0.1) is 36.5 Å². The Labute approximate surface area is 511 Å². The quantitative estimate of drug-likeness (QED) is 0.0396. The molecule has 4 aliphatic rings. The molecule has 2 aromatic heterocycles. The van der Waals surface area contributed by atoms with Crippen molar-refractivity contribution < 1.29 is 53.3 Å². The van der Waals surface area contributed by atoms with Crippen LogP contribution in [0.3, 0.4) is 0 Å². The highest BCUT2D eigenvalue weighted by Gasteiger charge is 2.47. The number of carbonyl (C=O) groups is 8. The maximum Gasteiger partial charge on any atom is 0.266 e. The van der Waals surface area contributed by atoms with Gasteiger partial charge in [-0.3, -0.25) is 48.6 Å². The summed E-state index contributed by atoms with van der Waals surface area (Å²) in [7, 11) is 1.78. The standard InChI is InChI=1S/2C24H33N3O3S.C16H17N3O5/c2*1-6-19(24(3,4)5)23(30)27-13-18(28)11-20(27)22(29)25-12-16-7-9-17(10-8-16)21-15(2)26-14-31-21;1-17-7-8-24-11-4-2-3-9-13(11)16(23)19(15(9)22)10-5-6-12(20)18-14(10)21/h2*7-10,14,18-20,28H,6,11-13H2,1-5H3,(H,25,29);2-4,10,17H,5-8H2,1H3,(H,18,20,21)/t18-,19+,20-;18-,19-,20+;/m01./s1. The number of carbonyl (C=O) groups excluding carboxylic acids is 8. The number of likely N-dealkylation sites (tertiary alicyclic amines) is 2. The number of thiazole rings is 2. The third kappa shape index (κ3) is 15.8. The largest absolute Gasteiger partial charge is 0.491 e. The number of β-amino-alcohol motifs (C(OH)–C–C–N with tert-alkyl or cyclic N) is 2. The summed E-state index contributed by atoms with van der Waals surface area (Å²) in [6.45, 7) is 22.3. The average Bonchev–Trinajstić information content (AvgIpc) is 1.80. The van der Waals surface area contributed by atoms with Gasteiger partial charge in [0.15, 0.2) is 0 Å². The summed E-state index contributed by atoms with van der Waals surface area (Å²) in [4.78, 5) is 116. The van der Waals surface area contributed by atoms with Gasteiger partial charge in [0.2, 0.25) is 35.4 Å². The van der Waals surface area contributed by atoms with Gasteiger partial charge in [-0.15, -0.1) is 22.7 Å². The lowest BCUT2D eigenvalue weighted by molar-refractivity contribution is -0.144. The Morgan fingerprint density at radius 1 is 0.698 bits per heavy atom. The average molecular weight is 1220 g/mol. The van der Waals surface area contributed by atoms with Crippen LogP contribution in [0.15, 0.2) is 77.8 Å². The number of aryl methyl sites for hydroxylation is 2. The first-order chi connectivity index (χ1) is 40.8. The molecule has 20 nitrogen and oxygen atoms in total. The molecule has 9 rings (SSSR count). The molecule has 4 aliphatic heterocycles. The van der Waals surface area contributed by atoms with Crippen LogP contribution in [-0.4, -0.2) is 146 Å². The Bertz CT molecular complexity index is 3090. The fraction of sp³-hybridized carbons (Fsp3) is 0.500. The lowest BCUT2D eigenvalue weighted by Crippen LogP contribution is -2.54. The van der Waals surface area contributed by atoms with Crippen LogP contribution in [0.1, 0.15) is 137 Å². The van der Waals surface area contributed by atoms with E-state index in [0.717, 1.165) is 48.3 Å². The molecule has 0 bridgehead atoms. The zero-order chi connectivity index (χ0) is 62.8. The maximum atomic E-state index is 13.2. The van der Waals surface area contributed by atoms with Crippen LogP contribution in [0.4, 0.5) is 0 Å². The molecule has 3 fully saturated rings. The number of ether oxygens (including phenoxy) is 1. The number of aliphatic hydroxyl groups excluding tert-OH is 2. The van der Waals surface area contributed by atoms with E-state index < -0.39 is 54.0 Å². The third-order valence-electron chi connectivity index (χ3n) is 16.1. The Hall–Kier alpha value is -7.24. The van der Waals surface area contributed by atoms with E-state index in [1.807, 2.05) is 129 Å². The van der Waals surface area contributed by atoms with E-state index in [1.165, 1.54) is 6.07 Å². The lowest BCUT2D eigenvalue weighted by Gasteiger charge is -2.34. The lowest BCUT2D eigenvalue weighted by atomic mass is 9.78. The summed E-state index contributed by atoms with van der Waals surface area (Å²) in [5.74, 6) is -2.70. The number of rotatable bonds is 17. The third-order valence-corrected chi connectivity index (χ3v) is 18.1. The van der Waals surface area contributed by atoms with E-state index in [-0.39, 0.29) is 96.2 Å². The van der Waals surface area contributed by atoms with Crippen molar-refractivity contribution in [2.24, 2.45) is 22.7 Å². The van der Waals surface area contributed by atoms with Gasteiger partial charge in [-0.25, -0.2) is 9.97 Å². The molecule has 22 heteroatoms. The van der Waals surface area contributed by atoms with Gasteiger partial charge in [-0.05, 0) is 85.4 Å². The number of benzene rings is 3. The summed E-state index contributed by atoms with van der Waals surface area (Å²) in [6, 6.07) is 18.7. The number of hydrogen-bond donors (Lipinski definition) is 6. The molecule has 3 aromatic carbocycles. The summed E-state index contributed by atoms with van der Waals surface area (Å²) >= 11 is 3.22. The summed E-state index contributed by atoms with van der Waals surface area (Å²) < 4.78 is 5.57. The minimum absolute atomic E-state index is 0.0454. The van der Waals surface area contributed by atoms with Crippen molar-refractivity contribution >= 4 is 69.9 Å². The van der Waals surface area contributed by atoms with Crippen molar-refractivity contribution in [3.8, 4) is 26.6 Å². The number of nitrogens with zero attached hydrogens (tertiary/aromatic N) is 5. The van der Waals surface area contributed by atoms with E-state index in [0.29, 0.717) is 44.8 Å². The SMILES string of the molecule is CC[C@H](C(=O)N1C[C@@H](O)C[C@H]1C(=O)NCc1ccc(-c2scnc2C)cc1)C(C)(C)C.CC[C@H](C(=O)N1C[C@H](O)C[C@H]1C(=O)NCc1ccc(-c2scnc2C)cc1)C(C)(C)C.CNCCOc1cccc2c1C(=O)N(C1CCC(=O)NC1=O)C2=O. The van der Waals surface area contributed by atoms with Gasteiger partial charge in [0, 0.05) is 63.8 Å². The zero-order valence-electron chi connectivity index (χ0n) is 51.2. The van der Waals surface area contributed by atoms with Gasteiger partial charge in [0.05, 0.1) is 55.5 Å². The number of amides is 8. The van der Waals surface area contributed by atoms with Crippen LogP contribution in [0.2, 0.25) is 0 Å². The fourth-order valence-corrected chi connectivity index (χ4v) is 13.1. The zero-order valence-corrected chi connectivity index (χ0v) is 52.8. The molecule has 3 saturated heterocycles. The van der Waals surface area contributed by atoms with E-state index >= 15 is 0 Å². The topological polar surface area (TPSA) is 270 Å². The fourth-order valence-electron chi connectivity index (χ4n) is 11.5. The van der Waals surface area contributed by atoms with E-state index in [4.69, 9.17) is 4.74 Å². The number of hydrogen-bond acceptors (Lipinski definition) is 16. The number of imide groups is 2. The second kappa shape index (κ2) is 29.0. The molecule has 0 saturated carbocycles. The molecule has 5 aromatic rings. The van der Waals surface area contributed by atoms with E-state index in [9.17, 15) is 48.6 Å². The smallest absolute Gasteiger partial charge is 0.266 e. The molecule has 8 amide bonds. The summed E-state index contributed by atoms with van der Waals surface area (Å²) in [6.07, 6.45) is 0.854. The van der Waals surface area contributed by atoms with Crippen LogP contribution < -0.4 is 26.0 Å². The number of aromatic nitrogens is 2. The first-order valence-corrected chi connectivity index (χ1v) is 31.2. The Kier molecular flexibility index (Phi) is 22.3. The van der Waals surface area contributed by atoms with Crippen LogP contribution in [0.25, 0.3) is 20.9 Å². The van der Waals surface area contributed by atoms with Gasteiger partial charge in [-0.2, -0.15) is 0 Å². The molecular weight excluding hydrogens is 1130 g/mol. The Morgan fingerprint density at radius 3 is 1.56 bits per heavy atom. The highest BCUT2D eigenvalue weighted by atomic mass is 32.1. The molecule has 1 unspecified atom stereocenters. The normalized spacial score (nSPS) is 20.1. The molecule has 6 N–H and O–H groups in total. The number of piperidine rings is 1. The highest BCUT2D eigenvalue weighted by molar-refractivity contribution is 7.13. The minimum Gasteiger partial charge on any atom is -0.491 e. The van der Waals surface area contributed by atoms with Crippen LogP contribution >= 0.6 is 22.7 Å².